The maximum Gasteiger partial charge on any atom is 0.224 e. The minimum atomic E-state index is 0.114. The summed E-state index contributed by atoms with van der Waals surface area (Å²) in [5.74, 6) is 0.114. The number of nitrogens with one attached hydrogen (secondary N) is 1. The lowest BCUT2D eigenvalue weighted by molar-refractivity contribution is -0.120. The van der Waals surface area contributed by atoms with Crippen LogP contribution in [0.1, 0.15) is 25.8 Å². The van der Waals surface area contributed by atoms with Gasteiger partial charge in [-0.3, -0.25) is 9.69 Å². The first-order valence-electron chi connectivity index (χ1n) is 10.6. The summed E-state index contributed by atoms with van der Waals surface area (Å²) in [6.07, 6.45) is 1.46. The van der Waals surface area contributed by atoms with Gasteiger partial charge in [-0.15, -0.1) is 11.8 Å². The molecule has 1 aliphatic rings. The Morgan fingerprint density at radius 2 is 1.69 bits per heavy atom. The van der Waals surface area contributed by atoms with Crippen molar-refractivity contribution in [3.8, 4) is 0 Å². The number of para-hydroxylation sites is 1. The molecule has 1 N–H and O–H groups in total. The van der Waals surface area contributed by atoms with E-state index < -0.39 is 0 Å². The number of nitrogens with zero attached hydrogens (tertiary/aromatic N) is 2. The van der Waals surface area contributed by atoms with Crippen LogP contribution in [-0.4, -0.2) is 55.3 Å². The van der Waals surface area contributed by atoms with Crippen LogP contribution in [0.2, 0.25) is 0 Å². The van der Waals surface area contributed by atoms with E-state index in [-0.39, 0.29) is 5.91 Å². The second-order valence-corrected chi connectivity index (χ2v) is 9.50. The summed E-state index contributed by atoms with van der Waals surface area (Å²) in [5.41, 5.74) is 2.39. The lowest BCUT2D eigenvalue weighted by Gasteiger charge is -2.36. The lowest BCUT2D eigenvalue weighted by atomic mass is 10.1. The molecule has 0 bridgehead atoms. The average Bonchev–Trinajstić information content (AvgIpc) is 2.73. The molecule has 0 unspecified atom stereocenters. The Morgan fingerprint density at radius 1 is 1.00 bits per heavy atom. The van der Waals surface area contributed by atoms with Crippen LogP contribution in [0.15, 0.2) is 59.5 Å². The number of rotatable bonds is 9. The van der Waals surface area contributed by atoms with Crippen molar-refractivity contribution in [1.29, 1.82) is 0 Å². The van der Waals surface area contributed by atoms with Crippen LogP contribution in [0.4, 0.5) is 5.69 Å². The molecule has 0 saturated carbocycles. The van der Waals surface area contributed by atoms with Crippen LogP contribution < -0.4 is 10.2 Å². The molecule has 0 aliphatic carbocycles. The fourth-order valence-corrected chi connectivity index (χ4v) is 4.44. The first-order valence-corrected chi connectivity index (χ1v) is 11.5. The predicted octanol–water partition coefficient (Wildman–Crippen LogP) is 4.06. The molecule has 2 aromatic carbocycles. The first-order chi connectivity index (χ1) is 14.1. The number of hydrogen-bond donors (Lipinski definition) is 1. The second-order valence-electron chi connectivity index (χ2n) is 7.86. The molecule has 0 aromatic heterocycles. The third-order valence-electron chi connectivity index (χ3n) is 5.13. The van der Waals surface area contributed by atoms with E-state index in [9.17, 15) is 4.79 Å². The van der Waals surface area contributed by atoms with Crippen LogP contribution in [0.3, 0.4) is 0 Å². The summed E-state index contributed by atoms with van der Waals surface area (Å²) in [6, 6.07) is 19.0. The average molecular weight is 412 g/mol. The Hall–Kier alpha value is -1.98. The smallest absolute Gasteiger partial charge is 0.224 e. The SMILES string of the molecule is CC(C)Sc1ccc(CC(=O)NCCCN2CCN(c3ccccc3)CC2)cc1. The number of amides is 1. The molecule has 1 aliphatic heterocycles. The van der Waals surface area contributed by atoms with Gasteiger partial charge in [0.25, 0.3) is 0 Å². The van der Waals surface area contributed by atoms with Gasteiger partial charge in [0.1, 0.15) is 0 Å². The van der Waals surface area contributed by atoms with E-state index in [4.69, 9.17) is 0 Å². The van der Waals surface area contributed by atoms with Crippen molar-refractivity contribution in [2.24, 2.45) is 0 Å². The summed E-state index contributed by atoms with van der Waals surface area (Å²) in [7, 11) is 0. The fourth-order valence-electron chi connectivity index (χ4n) is 3.60. The molecule has 1 heterocycles. The van der Waals surface area contributed by atoms with Crippen molar-refractivity contribution in [2.45, 2.75) is 36.8 Å². The highest BCUT2D eigenvalue weighted by Gasteiger charge is 2.16. The minimum absolute atomic E-state index is 0.114. The molecule has 5 heteroatoms. The van der Waals surface area contributed by atoms with Crippen molar-refractivity contribution in [3.63, 3.8) is 0 Å². The number of hydrogen-bond acceptors (Lipinski definition) is 4. The highest BCUT2D eigenvalue weighted by atomic mass is 32.2. The number of anilines is 1. The van der Waals surface area contributed by atoms with E-state index in [1.165, 1.54) is 10.6 Å². The number of benzene rings is 2. The lowest BCUT2D eigenvalue weighted by Crippen LogP contribution is -2.47. The van der Waals surface area contributed by atoms with Crippen molar-refractivity contribution < 1.29 is 4.79 Å². The Morgan fingerprint density at radius 3 is 2.34 bits per heavy atom. The maximum atomic E-state index is 12.2. The van der Waals surface area contributed by atoms with E-state index >= 15 is 0 Å². The van der Waals surface area contributed by atoms with Gasteiger partial charge in [-0.05, 0) is 42.8 Å². The van der Waals surface area contributed by atoms with Gasteiger partial charge in [0.05, 0.1) is 6.42 Å². The van der Waals surface area contributed by atoms with E-state index in [1.54, 1.807) is 0 Å². The molecule has 0 radical (unpaired) electrons. The Kier molecular flexibility index (Phi) is 8.44. The topological polar surface area (TPSA) is 35.6 Å². The zero-order chi connectivity index (χ0) is 20.5. The quantitative estimate of drug-likeness (QED) is 0.499. The Labute approximate surface area is 179 Å². The molecule has 0 atom stereocenters. The molecule has 1 amide bonds. The highest BCUT2D eigenvalue weighted by Crippen LogP contribution is 2.23. The molecule has 3 rings (SSSR count). The molecular weight excluding hydrogens is 378 g/mol. The molecule has 0 spiro atoms. The van der Waals surface area contributed by atoms with Crippen molar-refractivity contribution >= 4 is 23.4 Å². The normalized spacial score (nSPS) is 14.9. The van der Waals surface area contributed by atoms with E-state index in [0.29, 0.717) is 11.7 Å². The van der Waals surface area contributed by atoms with Gasteiger partial charge in [0.15, 0.2) is 0 Å². The van der Waals surface area contributed by atoms with Crippen molar-refractivity contribution in [2.75, 3.05) is 44.2 Å². The van der Waals surface area contributed by atoms with Gasteiger partial charge in [-0.2, -0.15) is 0 Å². The zero-order valence-electron chi connectivity index (χ0n) is 17.6. The third kappa shape index (κ3) is 7.41. The summed E-state index contributed by atoms with van der Waals surface area (Å²) in [6.45, 7) is 10.5. The fraction of sp³-hybridized carbons (Fsp3) is 0.458. The van der Waals surface area contributed by atoms with E-state index in [1.807, 2.05) is 11.8 Å². The van der Waals surface area contributed by atoms with Crippen molar-refractivity contribution in [3.05, 3.63) is 60.2 Å². The van der Waals surface area contributed by atoms with Crippen LogP contribution in [-0.2, 0) is 11.2 Å². The highest BCUT2D eigenvalue weighted by molar-refractivity contribution is 7.99. The van der Waals surface area contributed by atoms with Crippen LogP contribution in [0.5, 0.6) is 0 Å². The summed E-state index contributed by atoms with van der Waals surface area (Å²) < 4.78 is 0. The van der Waals surface area contributed by atoms with Crippen LogP contribution >= 0.6 is 11.8 Å². The molecule has 156 valence electrons. The van der Waals surface area contributed by atoms with Crippen molar-refractivity contribution in [1.82, 2.24) is 10.2 Å². The molecule has 1 saturated heterocycles. The number of carbonyl (C=O) groups excluding carboxylic acids is 1. The van der Waals surface area contributed by atoms with Gasteiger partial charge in [-0.25, -0.2) is 0 Å². The van der Waals surface area contributed by atoms with Gasteiger partial charge in [0.2, 0.25) is 5.91 Å². The molecule has 1 fully saturated rings. The third-order valence-corrected chi connectivity index (χ3v) is 6.14. The van der Waals surface area contributed by atoms with Crippen LogP contribution in [0, 0.1) is 0 Å². The molecular formula is C24H33N3OS. The molecule has 2 aromatic rings. The number of thioether (sulfide) groups is 1. The standard InChI is InChI=1S/C24H33N3OS/c1-20(2)29-23-11-9-21(10-12-23)19-24(28)25-13-6-14-26-15-17-27(18-16-26)22-7-4-3-5-8-22/h3-5,7-12,20H,6,13-19H2,1-2H3,(H,25,28). The zero-order valence-corrected chi connectivity index (χ0v) is 18.5. The molecule has 4 nitrogen and oxygen atoms in total. The predicted molar refractivity (Wildman–Crippen MR) is 124 cm³/mol. The van der Waals surface area contributed by atoms with Gasteiger partial charge in [0, 0.05) is 48.6 Å². The maximum absolute atomic E-state index is 12.2. The van der Waals surface area contributed by atoms with Gasteiger partial charge < -0.3 is 10.2 Å². The molecule has 29 heavy (non-hydrogen) atoms. The number of carbonyl (C=O) groups is 1. The van der Waals surface area contributed by atoms with Gasteiger partial charge in [-0.1, -0.05) is 44.2 Å². The summed E-state index contributed by atoms with van der Waals surface area (Å²) >= 11 is 1.85. The first kappa shape index (κ1) is 21.7. The Bertz CT molecular complexity index is 740. The largest absolute Gasteiger partial charge is 0.369 e. The second kappa shape index (κ2) is 11.3. The minimum Gasteiger partial charge on any atom is -0.369 e. The summed E-state index contributed by atoms with van der Waals surface area (Å²) in [5, 5.41) is 3.65. The van der Waals surface area contributed by atoms with E-state index in [2.05, 4.69) is 83.6 Å². The number of piperazine rings is 1. The summed E-state index contributed by atoms with van der Waals surface area (Å²) in [4.78, 5) is 18.4. The monoisotopic (exact) mass is 411 g/mol. The van der Waals surface area contributed by atoms with Gasteiger partial charge >= 0.3 is 0 Å². The van der Waals surface area contributed by atoms with Crippen LogP contribution in [0.25, 0.3) is 0 Å². The van der Waals surface area contributed by atoms with E-state index in [0.717, 1.165) is 51.3 Å². The Balaban J connectivity index is 1.29.